The van der Waals surface area contributed by atoms with Crippen LogP contribution in [0, 0.1) is 6.92 Å². The highest BCUT2D eigenvalue weighted by atomic mass is 16.5. The fourth-order valence-electron chi connectivity index (χ4n) is 2.15. The Bertz CT molecular complexity index is 601. The maximum Gasteiger partial charge on any atom is 0.168 e. The number of nitrogen functional groups attached to an aromatic ring is 1. The third kappa shape index (κ3) is 3.92. The van der Waals surface area contributed by atoms with E-state index in [0.717, 1.165) is 17.9 Å². The zero-order valence-electron chi connectivity index (χ0n) is 12.8. The normalized spacial score (nSPS) is 12.0. The van der Waals surface area contributed by atoms with Gasteiger partial charge in [0, 0.05) is 11.8 Å². The van der Waals surface area contributed by atoms with Crippen LogP contribution in [0.25, 0.3) is 0 Å². The van der Waals surface area contributed by atoms with Crippen molar-refractivity contribution >= 4 is 5.82 Å². The molecule has 112 valence electrons. The summed E-state index contributed by atoms with van der Waals surface area (Å²) in [5, 5.41) is 0. The van der Waals surface area contributed by atoms with E-state index in [-0.39, 0.29) is 0 Å². The van der Waals surface area contributed by atoms with Crippen molar-refractivity contribution in [3.63, 3.8) is 0 Å². The van der Waals surface area contributed by atoms with Crippen LogP contribution in [-0.4, -0.2) is 9.97 Å². The van der Waals surface area contributed by atoms with Crippen molar-refractivity contribution in [2.75, 3.05) is 5.43 Å². The molecule has 0 aliphatic heterocycles. The summed E-state index contributed by atoms with van der Waals surface area (Å²) in [5.74, 6) is 7.95. The predicted octanol–water partition coefficient (Wildman–Crippen LogP) is 3.16. The van der Waals surface area contributed by atoms with Gasteiger partial charge in [-0.05, 0) is 30.9 Å². The standard InChI is InChI=1S/C16H22N4O/c1-4-11(2)13-7-5-6-8-14(13)21-10-16-18-12(3)9-15(19-16)20-17/h5-9,11H,4,10,17H2,1-3H3,(H,18,19,20). The number of nitrogens with zero attached hydrogens (tertiary/aromatic N) is 2. The Hall–Kier alpha value is -2.14. The van der Waals surface area contributed by atoms with Crippen LogP contribution >= 0.6 is 0 Å². The second-order valence-corrected chi connectivity index (χ2v) is 5.09. The Morgan fingerprint density at radius 2 is 2.05 bits per heavy atom. The van der Waals surface area contributed by atoms with E-state index in [1.165, 1.54) is 5.56 Å². The summed E-state index contributed by atoms with van der Waals surface area (Å²) in [7, 11) is 0. The summed E-state index contributed by atoms with van der Waals surface area (Å²) in [6.07, 6.45) is 1.07. The number of hydrogen-bond acceptors (Lipinski definition) is 5. The molecule has 0 fully saturated rings. The molecule has 1 unspecified atom stereocenters. The number of benzene rings is 1. The first kappa shape index (κ1) is 15.3. The Morgan fingerprint density at radius 1 is 1.29 bits per heavy atom. The molecule has 0 aliphatic carbocycles. The Kier molecular flexibility index (Phi) is 5.11. The number of rotatable bonds is 6. The summed E-state index contributed by atoms with van der Waals surface area (Å²) in [5.41, 5.74) is 4.60. The molecule has 2 aromatic rings. The van der Waals surface area contributed by atoms with Gasteiger partial charge >= 0.3 is 0 Å². The molecule has 2 rings (SSSR count). The zero-order valence-corrected chi connectivity index (χ0v) is 12.8. The Balaban J connectivity index is 2.15. The number of ether oxygens (including phenoxy) is 1. The second-order valence-electron chi connectivity index (χ2n) is 5.09. The number of nitrogens with two attached hydrogens (primary N) is 1. The molecule has 0 radical (unpaired) electrons. The molecule has 0 amide bonds. The summed E-state index contributed by atoms with van der Waals surface area (Å²) < 4.78 is 5.91. The fourth-order valence-corrected chi connectivity index (χ4v) is 2.15. The molecule has 1 heterocycles. The van der Waals surface area contributed by atoms with Crippen molar-refractivity contribution in [1.29, 1.82) is 0 Å². The molecule has 0 bridgehead atoms. The van der Waals surface area contributed by atoms with E-state index in [2.05, 4.69) is 35.3 Å². The first-order valence-electron chi connectivity index (χ1n) is 7.17. The maximum absolute atomic E-state index is 5.91. The van der Waals surface area contributed by atoms with Crippen LogP contribution in [0.3, 0.4) is 0 Å². The topological polar surface area (TPSA) is 73.1 Å². The molecule has 1 aromatic carbocycles. The molecule has 3 N–H and O–H groups in total. The second kappa shape index (κ2) is 7.04. The smallest absolute Gasteiger partial charge is 0.168 e. The molecule has 5 nitrogen and oxygen atoms in total. The highest BCUT2D eigenvalue weighted by Gasteiger charge is 2.10. The van der Waals surface area contributed by atoms with Crippen LogP contribution in [-0.2, 0) is 6.61 Å². The van der Waals surface area contributed by atoms with E-state index in [9.17, 15) is 0 Å². The number of para-hydroxylation sites is 1. The van der Waals surface area contributed by atoms with Crippen LogP contribution in [0.4, 0.5) is 5.82 Å². The molecule has 1 atom stereocenters. The van der Waals surface area contributed by atoms with Gasteiger partial charge in [-0.1, -0.05) is 32.0 Å². The predicted molar refractivity (Wildman–Crippen MR) is 84.1 cm³/mol. The van der Waals surface area contributed by atoms with Crippen LogP contribution in [0.15, 0.2) is 30.3 Å². The van der Waals surface area contributed by atoms with Crippen molar-refractivity contribution in [3.8, 4) is 5.75 Å². The highest BCUT2D eigenvalue weighted by molar-refractivity contribution is 5.36. The third-order valence-electron chi connectivity index (χ3n) is 3.47. The minimum atomic E-state index is 0.323. The van der Waals surface area contributed by atoms with E-state index < -0.39 is 0 Å². The fraction of sp³-hybridized carbons (Fsp3) is 0.375. The number of anilines is 1. The number of aromatic nitrogens is 2. The molecule has 1 aromatic heterocycles. The first-order chi connectivity index (χ1) is 10.1. The Morgan fingerprint density at radius 3 is 2.76 bits per heavy atom. The van der Waals surface area contributed by atoms with Gasteiger partial charge in [0.05, 0.1) is 0 Å². The van der Waals surface area contributed by atoms with E-state index in [1.807, 2.05) is 25.1 Å². The van der Waals surface area contributed by atoms with Gasteiger partial charge in [0.15, 0.2) is 5.82 Å². The van der Waals surface area contributed by atoms with Crippen molar-refractivity contribution in [1.82, 2.24) is 9.97 Å². The molecular weight excluding hydrogens is 264 g/mol. The van der Waals surface area contributed by atoms with Crippen LogP contribution in [0.2, 0.25) is 0 Å². The van der Waals surface area contributed by atoms with Crippen molar-refractivity contribution in [2.45, 2.75) is 39.7 Å². The summed E-state index contributed by atoms with van der Waals surface area (Å²) in [6.45, 7) is 6.59. The molecule has 0 spiro atoms. The van der Waals surface area contributed by atoms with Gasteiger partial charge in [-0.15, -0.1) is 0 Å². The zero-order chi connectivity index (χ0) is 15.2. The van der Waals surface area contributed by atoms with E-state index in [1.54, 1.807) is 6.07 Å². The van der Waals surface area contributed by atoms with Gasteiger partial charge in [0.2, 0.25) is 0 Å². The van der Waals surface area contributed by atoms with E-state index in [0.29, 0.717) is 24.2 Å². The molecule has 0 aliphatic rings. The highest BCUT2D eigenvalue weighted by Crippen LogP contribution is 2.28. The summed E-state index contributed by atoms with van der Waals surface area (Å²) >= 11 is 0. The number of hydrazine groups is 1. The number of hydrogen-bond donors (Lipinski definition) is 2. The minimum absolute atomic E-state index is 0.323. The minimum Gasteiger partial charge on any atom is -0.485 e. The molecular formula is C16H22N4O. The molecule has 0 saturated carbocycles. The molecule has 0 saturated heterocycles. The maximum atomic E-state index is 5.91. The molecule has 5 heteroatoms. The SMILES string of the molecule is CCC(C)c1ccccc1OCc1nc(C)cc(NN)n1. The average molecular weight is 286 g/mol. The summed E-state index contributed by atoms with van der Waals surface area (Å²) in [6, 6.07) is 9.89. The summed E-state index contributed by atoms with van der Waals surface area (Å²) in [4.78, 5) is 8.65. The number of nitrogens with one attached hydrogen (secondary N) is 1. The lowest BCUT2D eigenvalue weighted by molar-refractivity contribution is 0.291. The lowest BCUT2D eigenvalue weighted by Gasteiger charge is -2.15. The van der Waals surface area contributed by atoms with Gasteiger partial charge in [0.25, 0.3) is 0 Å². The van der Waals surface area contributed by atoms with Gasteiger partial charge in [-0.2, -0.15) is 0 Å². The average Bonchev–Trinajstić information content (AvgIpc) is 2.51. The van der Waals surface area contributed by atoms with Gasteiger partial charge in [-0.25, -0.2) is 15.8 Å². The van der Waals surface area contributed by atoms with Crippen molar-refractivity contribution in [2.24, 2.45) is 5.84 Å². The van der Waals surface area contributed by atoms with E-state index in [4.69, 9.17) is 10.6 Å². The largest absolute Gasteiger partial charge is 0.485 e. The lowest BCUT2D eigenvalue weighted by atomic mass is 9.98. The van der Waals surface area contributed by atoms with E-state index >= 15 is 0 Å². The first-order valence-corrected chi connectivity index (χ1v) is 7.17. The van der Waals surface area contributed by atoms with Crippen LogP contribution < -0.4 is 16.0 Å². The lowest BCUT2D eigenvalue weighted by Crippen LogP contribution is -2.12. The van der Waals surface area contributed by atoms with Crippen LogP contribution in [0.1, 0.15) is 43.3 Å². The number of aryl methyl sites for hydroxylation is 1. The van der Waals surface area contributed by atoms with Gasteiger partial charge in [-0.3, -0.25) is 0 Å². The van der Waals surface area contributed by atoms with Gasteiger partial charge in [0.1, 0.15) is 18.2 Å². The third-order valence-corrected chi connectivity index (χ3v) is 3.47. The van der Waals surface area contributed by atoms with Gasteiger partial charge < -0.3 is 10.2 Å². The quantitative estimate of drug-likeness (QED) is 0.630. The van der Waals surface area contributed by atoms with Crippen molar-refractivity contribution in [3.05, 3.63) is 47.4 Å². The molecule has 21 heavy (non-hydrogen) atoms. The van der Waals surface area contributed by atoms with Crippen molar-refractivity contribution < 1.29 is 4.74 Å². The van der Waals surface area contributed by atoms with Crippen LogP contribution in [0.5, 0.6) is 5.75 Å². The Labute approximate surface area is 125 Å². The monoisotopic (exact) mass is 286 g/mol.